The van der Waals surface area contributed by atoms with Crippen molar-refractivity contribution in [3.63, 3.8) is 0 Å². The van der Waals surface area contributed by atoms with Gasteiger partial charge in [0, 0.05) is 4.90 Å². The van der Waals surface area contributed by atoms with Crippen molar-refractivity contribution < 1.29 is 0 Å². The highest BCUT2D eigenvalue weighted by Crippen LogP contribution is 2.25. The Hall–Kier alpha value is -1.25. The van der Waals surface area contributed by atoms with E-state index in [4.69, 9.17) is 5.73 Å². The molecule has 2 N–H and O–H groups in total. The summed E-state index contributed by atoms with van der Waals surface area (Å²) < 4.78 is 0. The molecule has 0 aliphatic rings. The molecule has 0 aliphatic carbocycles. The van der Waals surface area contributed by atoms with E-state index < -0.39 is 0 Å². The minimum absolute atomic E-state index is 0.0445. The molecule has 0 saturated carbocycles. The molecule has 106 valence electrons. The molecule has 2 rings (SSSR count). The average Bonchev–Trinajstić information content (AvgIpc) is 2.53. The number of rotatable bonds is 5. The summed E-state index contributed by atoms with van der Waals surface area (Å²) in [7, 11) is 0. The Kier molecular flexibility index (Phi) is 5.27. The Labute approximate surface area is 126 Å². The number of thioether (sulfide) groups is 1. The summed E-state index contributed by atoms with van der Waals surface area (Å²) in [5, 5.41) is 0. The highest BCUT2D eigenvalue weighted by atomic mass is 32.2. The van der Waals surface area contributed by atoms with Crippen LogP contribution in [0.2, 0.25) is 0 Å². The zero-order valence-corrected chi connectivity index (χ0v) is 13.3. The number of nitrogens with two attached hydrogens (primary N) is 1. The third-order valence-electron chi connectivity index (χ3n) is 3.95. The van der Waals surface area contributed by atoms with E-state index in [-0.39, 0.29) is 6.04 Å². The van der Waals surface area contributed by atoms with Crippen LogP contribution < -0.4 is 5.73 Å². The SMILES string of the molecule is CCC(C)c1ccc(C(N)c2ccc(SC)cc2)cc1. The van der Waals surface area contributed by atoms with Crippen LogP contribution in [0.4, 0.5) is 0 Å². The molecule has 1 nitrogen and oxygen atoms in total. The fourth-order valence-corrected chi connectivity index (χ4v) is 2.68. The summed E-state index contributed by atoms with van der Waals surface area (Å²) >= 11 is 1.75. The second-order valence-corrected chi connectivity index (χ2v) is 6.11. The zero-order valence-electron chi connectivity index (χ0n) is 12.5. The molecule has 2 heteroatoms. The first kappa shape index (κ1) is 15.1. The van der Waals surface area contributed by atoms with Crippen molar-refractivity contribution in [2.24, 2.45) is 5.73 Å². The molecule has 0 amide bonds. The molecule has 0 spiro atoms. The molecule has 2 aromatic rings. The van der Waals surface area contributed by atoms with Crippen molar-refractivity contribution in [1.29, 1.82) is 0 Å². The summed E-state index contributed by atoms with van der Waals surface area (Å²) in [6.07, 6.45) is 3.25. The van der Waals surface area contributed by atoms with Gasteiger partial charge in [-0.2, -0.15) is 0 Å². The molecule has 0 fully saturated rings. The second kappa shape index (κ2) is 6.96. The van der Waals surface area contributed by atoms with Gasteiger partial charge in [0.05, 0.1) is 6.04 Å². The number of hydrogen-bond donors (Lipinski definition) is 1. The van der Waals surface area contributed by atoms with Gasteiger partial charge in [0.15, 0.2) is 0 Å². The topological polar surface area (TPSA) is 26.0 Å². The molecule has 0 heterocycles. The largest absolute Gasteiger partial charge is 0.320 e. The second-order valence-electron chi connectivity index (χ2n) is 5.23. The van der Waals surface area contributed by atoms with Gasteiger partial charge in [-0.05, 0) is 47.4 Å². The molecule has 0 aromatic heterocycles. The van der Waals surface area contributed by atoms with Crippen LogP contribution in [-0.2, 0) is 0 Å². The minimum atomic E-state index is -0.0445. The van der Waals surface area contributed by atoms with Crippen LogP contribution in [0.25, 0.3) is 0 Å². The normalized spacial score (nSPS) is 14.0. The van der Waals surface area contributed by atoms with E-state index in [1.807, 2.05) is 0 Å². The van der Waals surface area contributed by atoms with Crippen molar-refractivity contribution in [3.05, 3.63) is 65.2 Å². The van der Waals surface area contributed by atoms with E-state index in [1.165, 1.54) is 28.0 Å². The van der Waals surface area contributed by atoms with E-state index >= 15 is 0 Å². The van der Waals surface area contributed by atoms with Crippen LogP contribution >= 0.6 is 11.8 Å². The van der Waals surface area contributed by atoms with Crippen molar-refractivity contribution in [2.45, 2.75) is 37.1 Å². The van der Waals surface area contributed by atoms with E-state index in [0.717, 1.165) is 0 Å². The summed E-state index contributed by atoms with van der Waals surface area (Å²) in [5.74, 6) is 0.612. The summed E-state index contributed by atoms with van der Waals surface area (Å²) in [5.41, 5.74) is 10.1. The highest BCUT2D eigenvalue weighted by molar-refractivity contribution is 7.98. The smallest absolute Gasteiger partial charge is 0.0551 e. The van der Waals surface area contributed by atoms with Crippen molar-refractivity contribution >= 4 is 11.8 Å². The molecular formula is C18H23NS. The first-order valence-electron chi connectivity index (χ1n) is 7.15. The molecule has 2 unspecified atom stereocenters. The van der Waals surface area contributed by atoms with E-state index in [2.05, 4.69) is 68.6 Å². The van der Waals surface area contributed by atoms with Gasteiger partial charge < -0.3 is 5.73 Å². The first-order valence-corrected chi connectivity index (χ1v) is 8.37. The van der Waals surface area contributed by atoms with Crippen molar-refractivity contribution in [2.75, 3.05) is 6.26 Å². The van der Waals surface area contributed by atoms with Crippen LogP contribution in [0, 0.1) is 0 Å². The third-order valence-corrected chi connectivity index (χ3v) is 4.70. The fourth-order valence-electron chi connectivity index (χ4n) is 2.27. The van der Waals surface area contributed by atoms with Gasteiger partial charge in [0.25, 0.3) is 0 Å². The molecule has 0 radical (unpaired) electrons. The quantitative estimate of drug-likeness (QED) is 0.785. The van der Waals surface area contributed by atoms with Crippen LogP contribution in [-0.4, -0.2) is 6.26 Å². The summed E-state index contributed by atoms with van der Waals surface area (Å²) in [6, 6.07) is 17.2. The zero-order chi connectivity index (χ0) is 14.5. The predicted octanol–water partition coefficient (Wildman–Crippen LogP) is 4.97. The Bertz CT molecular complexity index is 530. The third kappa shape index (κ3) is 3.44. The molecule has 0 saturated heterocycles. The van der Waals surface area contributed by atoms with E-state index in [9.17, 15) is 0 Å². The molecular weight excluding hydrogens is 262 g/mol. The van der Waals surface area contributed by atoms with E-state index in [1.54, 1.807) is 11.8 Å². The Morgan fingerprint density at radius 1 is 0.900 bits per heavy atom. The Balaban J connectivity index is 2.17. The Morgan fingerprint density at radius 3 is 1.80 bits per heavy atom. The standard InChI is InChI=1S/C18H23NS/c1-4-13(2)14-5-7-15(8-6-14)18(19)16-9-11-17(20-3)12-10-16/h5-13,18H,4,19H2,1-3H3. The van der Waals surface area contributed by atoms with Crippen molar-refractivity contribution in [1.82, 2.24) is 0 Å². The maximum Gasteiger partial charge on any atom is 0.0551 e. The van der Waals surface area contributed by atoms with Gasteiger partial charge in [0.2, 0.25) is 0 Å². The molecule has 0 aliphatic heterocycles. The van der Waals surface area contributed by atoms with Gasteiger partial charge in [0.1, 0.15) is 0 Å². The summed E-state index contributed by atoms with van der Waals surface area (Å²) in [4.78, 5) is 1.27. The monoisotopic (exact) mass is 285 g/mol. The lowest BCUT2D eigenvalue weighted by atomic mass is 9.94. The van der Waals surface area contributed by atoms with Crippen LogP contribution in [0.15, 0.2) is 53.4 Å². The molecule has 2 aromatic carbocycles. The molecule has 2 atom stereocenters. The highest BCUT2D eigenvalue weighted by Gasteiger charge is 2.10. The van der Waals surface area contributed by atoms with Gasteiger partial charge in [-0.3, -0.25) is 0 Å². The van der Waals surface area contributed by atoms with Crippen LogP contribution in [0.3, 0.4) is 0 Å². The van der Waals surface area contributed by atoms with E-state index in [0.29, 0.717) is 5.92 Å². The van der Waals surface area contributed by atoms with Gasteiger partial charge >= 0.3 is 0 Å². The fraction of sp³-hybridized carbons (Fsp3) is 0.333. The minimum Gasteiger partial charge on any atom is -0.320 e. The predicted molar refractivity (Wildman–Crippen MR) is 89.4 cm³/mol. The van der Waals surface area contributed by atoms with Gasteiger partial charge in [-0.15, -0.1) is 11.8 Å². The average molecular weight is 285 g/mol. The maximum atomic E-state index is 6.36. The lowest BCUT2D eigenvalue weighted by Crippen LogP contribution is -2.11. The van der Waals surface area contributed by atoms with Crippen LogP contribution in [0.5, 0.6) is 0 Å². The van der Waals surface area contributed by atoms with Gasteiger partial charge in [-0.1, -0.05) is 50.2 Å². The molecule has 20 heavy (non-hydrogen) atoms. The maximum absolute atomic E-state index is 6.36. The number of benzene rings is 2. The first-order chi connectivity index (χ1) is 9.65. The summed E-state index contributed by atoms with van der Waals surface area (Å²) in [6.45, 7) is 4.48. The lowest BCUT2D eigenvalue weighted by Gasteiger charge is -2.15. The van der Waals surface area contributed by atoms with Crippen molar-refractivity contribution in [3.8, 4) is 0 Å². The molecule has 0 bridgehead atoms. The lowest BCUT2D eigenvalue weighted by molar-refractivity contribution is 0.732. The number of hydrogen-bond acceptors (Lipinski definition) is 2. The Morgan fingerprint density at radius 2 is 1.35 bits per heavy atom. The van der Waals surface area contributed by atoms with Crippen LogP contribution in [0.1, 0.15) is 48.9 Å². The van der Waals surface area contributed by atoms with Gasteiger partial charge in [-0.25, -0.2) is 0 Å².